The van der Waals surface area contributed by atoms with Crippen LogP contribution in [0.4, 0.5) is 5.69 Å². The summed E-state index contributed by atoms with van der Waals surface area (Å²) in [5.74, 6) is 0.0270. The minimum Gasteiger partial charge on any atom is -0.463 e. The molecule has 0 saturated carbocycles. The molecule has 1 aromatic carbocycles. The highest BCUT2D eigenvalue weighted by molar-refractivity contribution is 5.91. The van der Waals surface area contributed by atoms with Gasteiger partial charge in [-0.25, -0.2) is 4.99 Å². The fourth-order valence-electron chi connectivity index (χ4n) is 2.80. The van der Waals surface area contributed by atoms with Crippen molar-refractivity contribution in [3.05, 3.63) is 29.3 Å². The lowest BCUT2D eigenvalue weighted by molar-refractivity contribution is -0.116. The summed E-state index contributed by atoms with van der Waals surface area (Å²) in [4.78, 5) is 17.5. The smallest absolute Gasteiger partial charge is 0.282 e. The molecule has 2 N–H and O–H groups in total. The van der Waals surface area contributed by atoms with E-state index in [0.29, 0.717) is 6.61 Å². The Labute approximate surface area is 112 Å². The fourth-order valence-corrected chi connectivity index (χ4v) is 2.80. The molecule has 100 valence electrons. The Hall–Kier alpha value is -2.04. The van der Waals surface area contributed by atoms with Gasteiger partial charge in [0.25, 0.3) is 6.02 Å². The summed E-state index contributed by atoms with van der Waals surface area (Å²) in [6.07, 6.45) is 1.68. The highest BCUT2D eigenvalue weighted by atomic mass is 16.5. The third-order valence-electron chi connectivity index (χ3n) is 3.92. The van der Waals surface area contributed by atoms with Crippen molar-refractivity contribution in [3.8, 4) is 0 Å². The van der Waals surface area contributed by atoms with Crippen LogP contribution in [-0.2, 0) is 22.4 Å². The van der Waals surface area contributed by atoms with E-state index in [1.54, 1.807) is 18.9 Å². The first kappa shape index (κ1) is 12.0. The van der Waals surface area contributed by atoms with E-state index in [1.165, 1.54) is 11.1 Å². The predicted octanol–water partition coefficient (Wildman–Crippen LogP) is 0.852. The molecular formula is C14H17N3O2. The number of nitrogens with two attached hydrogens (primary N) is 1. The van der Waals surface area contributed by atoms with Crippen LogP contribution in [0.3, 0.4) is 0 Å². The summed E-state index contributed by atoms with van der Waals surface area (Å²) >= 11 is 0. The Balaban J connectivity index is 1.91. The van der Waals surface area contributed by atoms with Crippen molar-refractivity contribution in [2.45, 2.75) is 25.3 Å². The number of rotatable bonds is 1. The van der Waals surface area contributed by atoms with Crippen LogP contribution in [0.1, 0.15) is 18.1 Å². The third kappa shape index (κ3) is 1.95. The first-order chi connectivity index (χ1) is 8.99. The number of anilines is 1. The molecule has 1 aliphatic carbocycles. The van der Waals surface area contributed by atoms with Gasteiger partial charge in [0.2, 0.25) is 5.91 Å². The second kappa shape index (κ2) is 3.98. The quantitative estimate of drug-likeness (QED) is 0.813. The highest BCUT2D eigenvalue weighted by Crippen LogP contribution is 2.37. The van der Waals surface area contributed by atoms with Crippen molar-refractivity contribution < 1.29 is 9.53 Å². The molecule has 5 heteroatoms. The molecule has 0 bridgehead atoms. The SMILES string of the molecule is CC(=O)N(C)c1ccc2c(c1)CC1(COC(N)=N1)C2. The van der Waals surface area contributed by atoms with Crippen molar-refractivity contribution >= 4 is 17.6 Å². The van der Waals surface area contributed by atoms with Gasteiger partial charge in [-0.1, -0.05) is 6.07 Å². The Kier molecular flexibility index (Phi) is 2.52. The van der Waals surface area contributed by atoms with E-state index >= 15 is 0 Å². The molecule has 1 unspecified atom stereocenters. The van der Waals surface area contributed by atoms with Crippen molar-refractivity contribution in [1.82, 2.24) is 0 Å². The zero-order valence-electron chi connectivity index (χ0n) is 11.1. The average Bonchev–Trinajstić information content (AvgIpc) is 2.89. The first-order valence-corrected chi connectivity index (χ1v) is 6.33. The number of fused-ring (bicyclic) bond motifs is 1. The normalized spacial score (nSPS) is 24.0. The summed E-state index contributed by atoms with van der Waals surface area (Å²) in [5, 5.41) is 0. The molecular weight excluding hydrogens is 242 g/mol. The average molecular weight is 259 g/mol. The van der Waals surface area contributed by atoms with Crippen LogP contribution in [0.15, 0.2) is 23.2 Å². The summed E-state index contributed by atoms with van der Waals surface area (Å²) in [5.41, 5.74) is 8.81. The van der Waals surface area contributed by atoms with E-state index in [9.17, 15) is 4.79 Å². The number of hydrogen-bond donors (Lipinski definition) is 1. The first-order valence-electron chi connectivity index (χ1n) is 6.33. The summed E-state index contributed by atoms with van der Waals surface area (Å²) < 4.78 is 5.30. The number of hydrogen-bond acceptors (Lipinski definition) is 4. The molecule has 1 heterocycles. The Bertz CT molecular complexity index is 582. The van der Waals surface area contributed by atoms with Crippen LogP contribution >= 0.6 is 0 Å². The number of ether oxygens (including phenoxy) is 1. The monoisotopic (exact) mass is 259 g/mol. The van der Waals surface area contributed by atoms with Gasteiger partial charge >= 0.3 is 0 Å². The van der Waals surface area contributed by atoms with E-state index in [1.807, 2.05) is 6.07 Å². The zero-order valence-corrected chi connectivity index (χ0v) is 11.1. The fraction of sp³-hybridized carbons (Fsp3) is 0.429. The van der Waals surface area contributed by atoms with Gasteiger partial charge in [0, 0.05) is 32.5 Å². The van der Waals surface area contributed by atoms with E-state index in [0.717, 1.165) is 18.5 Å². The van der Waals surface area contributed by atoms with Crippen molar-refractivity contribution in [1.29, 1.82) is 0 Å². The largest absolute Gasteiger partial charge is 0.463 e. The maximum atomic E-state index is 11.4. The van der Waals surface area contributed by atoms with Gasteiger partial charge in [0.1, 0.15) is 12.1 Å². The molecule has 19 heavy (non-hydrogen) atoms. The molecule has 0 aromatic heterocycles. The molecule has 1 amide bonds. The Morgan fingerprint density at radius 3 is 2.79 bits per heavy atom. The predicted molar refractivity (Wildman–Crippen MR) is 73.2 cm³/mol. The summed E-state index contributed by atoms with van der Waals surface area (Å²) in [7, 11) is 1.78. The topological polar surface area (TPSA) is 67.9 Å². The minimum absolute atomic E-state index is 0.0270. The molecule has 1 atom stereocenters. The van der Waals surface area contributed by atoms with Gasteiger partial charge in [-0.05, 0) is 23.3 Å². The lowest BCUT2D eigenvalue weighted by Crippen LogP contribution is -2.28. The van der Waals surface area contributed by atoms with Crippen molar-refractivity contribution in [3.63, 3.8) is 0 Å². The molecule has 2 aliphatic rings. The molecule has 3 rings (SSSR count). The molecule has 0 saturated heterocycles. The minimum atomic E-state index is -0.222. The van der Waals surface area contributed by atoms with Crippen molar-refractivity contribution in [2.75, 3.05) is 18.6 Å². The highest BCUT2D eigenvalue weighted by Gasteiger charge is 2.41. The maximum Gasteiger partial charge on any atom is 0.282 e. The Morgan fingerprint density at radius 2 is 2.16 bits per heavy atom. The van der Waals surface area contributed by atoms with Gasteiger partial charge in [0.05, 0.1) is 0 Å². The third-order valence-corrected chi connectivity index (χ3v) is 3.92. The van der Waals surface area contributed by atoms with Gasteiger partial charge < -0.3 is 15.4 Å². The van der Waals surface area contributed by atoms with E-state index < -0.39 is 0 Å². The van der Waals surface area contributed by atoms with Crippen molar-refractivity contribution in [2.24, 2.45) is 10.7 Å². The van der Waals surface area contributed by atoms with Gasteiger partial charge in [-0.3, -0.25) is 4.79 Å². The summed E-state index contributed by atoms with van der Waals surface area (Å²) in [6, 6.07) is 6.40. The van der Waals surface area contributed by atoms with Crippen LogP contribution in [0, 0.1) is 0 Å². The second-order valence-electron chi connectivity index (χ2n) is 5.35. The molecule has 0 fully saturated rings. The Morgan fingerprint density at radius 1 is 1.42 bits per heavy atom. The molecule has 5 nitrogen and oxygen atoms in total. The van der Waals surface area contributed by atoms with Crippen LogP contribution in [0.2, 0.25) is 0 Å². The van der Waals surface area contributed by atoms with Gasteiger partial charge in [-0.2, -0.15) is 0 Å². The lowest BCUT2D eigenvalue weighted by Gasteiger charge is -2.16. The maximum absolute atomic E-state index is 11.4. The standard InChI is InChI=1S/C14H17N3O2/c1-9(18)17(2)12-4-3-10-6-14(7-11(10)5-12)8-19-13(15)16-14/h3-5H,6-8H2,1-2H3,(H2,15,16). The number of carbonyl (C=O) groups excluding carboxylic acids is 1. The van der Waals surface area contributed by atoms with Crippen LogP contribution in [-0.4, -0.2) is 31.1 Å². The van der Waals surface area contributed by atoms with Gasteiger partial charge in [-0.15, -0.1) is 0 Å². The number of carbonyl (C=O) groups is 1. The number of amidine groups is 1. The molecule has 0 radical (unpaired) electrons. The van der Waals surface area contributed by atoms with Crippen LogP contribution in [0.25, 0.3) is 0 Å². The van der Waals surface area contributed by atoms with E-state index in [-0.39, 0.29) is 17.5 Å². The number of aliphatic imine (C=N–C) groups is 1. The second-order valence-corrected chi connectivity index (χ2v) is 5.35. The molecule has 1 spiro atoms. The van der Waals surface area contributed by atoms with Crippen LogP contribution in [0.5, 0.6) is 0 Å². The number of benzene rings is 1. The molecule has 1 aliphatic heterocycles. The van der Waals surface area contributed by atoms with Crippen LogP contribution < -0.4 is 10.6 Å². The number of amides is 1. The van der Waals surface area contributed by atoms with E-state index in [2.05, 4.69) is 17.1 Å². The van der Waals surface area contributed by atoms with Gasteiger partial charge in [0.15, 0.2) is 0 Å². The van der Waals surface area contributed by atoms with E-state index in [4.69, 9.17) is 10.5 Å². The zero-order chi connectivity index (χ0) is 13.6. The number of nitrogens with zero attached hydrogens (tertiary/aromatic N) is 2. The summed E-state index contributed by atoms with van der Waals surface area (Å²) in [6.45, 7) is 2.11. The lowest BCUT2D eigenvalue weighted by atomic mass is 9.99. The molecule has 1 aromatic rings.